The zero-order valence-corrected chi connectivity index (χ0v) is 8.95. The first-order chi connectivity index (χ1) is 7.33. The summed E-state index contributed by atoms with van der Waals surface area (Å²) in [5.74, 6) is 0.658. The third-order valence-electron chi connectivity index (χ3n) is 1.94. The lowest BCUT2D eigenvalue weighted by Gasteiger charge is -2.02. The van der Waals surface area contributed by atoms with Crippen LogP contribution in [-0.2, 0) is 11.3 Å². The van der Waals surface area contributed by atoms with E-state index in [2.05, 4.69) is 15.4 Å². The molecule has 2 aromatic heterocycles. The molecule has 0 saturated carbocycles. The van der Waals surface area contributed by atoms with Crippen molar-refractivity contribution in [3.05, 3.63) is 17.1 Å². The van der Waals surface area contributed by atoms with Crippen LogP contribution in [0.4, 0.5) is 0 Å². The number of nitrogens with one attached hydrogen (secondary N) is 1. The van der Waals surface area contributed by atoms with Gasteiger partial charge in [0.1, 0.15) is 6.26 Å². The van der Waals surface area contributed by atoms with Crippen LogP contribution in [0.3, 0.4) is 0 Å². The number of hydrogen-bond acceptors (Lipinski definition) is 5. The molecule has 80 valence electrons. The average molecular weight is 226 g/mol. The van der Waals surface area contributed by atoms with Gasteiger partial charge in [-0.1, -0.05) is 5.16 Å². The third kappa shape index (κ3) is 1.97. The van der Waals surface area contributed by atoms with E-state index < -0.39 is 0 Å². The summed E-state index contributed by atoms with van der Waals surface area (Å²) in [6.45, 7) is 1.20. The van der Waals surface area contributed by atoms with Crippen LogP contribution in [-0.4, -0.2) is 33.6 Å². The van der Waals surface area contributed by atoms with Crippen molar-refractivity contribution in [2.75, 3.05) is 13.7 Å². The highest BCUT2D eigenvalue weighted by atomic mass is 32.1. The van der Waals surface area contributed by atoms with Gasteiger partial charge in [-0.05, 0) is 12.2 Å². The summed E-state index contributed by atoms with van der Waals surface area (Å²) < 4.78 is 12.1. The van der Waals surface area contributed by atoms with Crippen LogP contribution in [0.25, 0.3) is 11.5 Å². The van der Waals surface area contributed by atoms with Gasteiger partial charge in [0.05, 0.1) is 13.2 Å². The Labute approximate surface area is 90.8 Å². The third-order valence-corrected chi connectivity index (χ3v) is 2.26. The van der Waals surface area contributed by atoms with Gasteiger partial charge in [-0.25, -0.2) is 0 Å². The van der Waals surface area contributed by atoms with E-state index in [9.17, 15) is 0 Å². The van der Waals surface area contributed by atoms with Gasteiger partial charge in [-0.15, -0.1) is 0 Å². The molecule has 0 unspecified atom stereocenters. The smallest absolute Gasteiger partial charge is 0.195 e. The summed E-state index contributed by atoms with van der Waals surface area (Å²) in [4.78, 5) is 0. The molecule has 0 aromatic carbocycles. The molecule has 2 aromatic rings. The van der Waals surface area contributed by atoms with Crippen molar-refractivity contribution >= 4 is 12.2 Å². The first-order valence-electron chi connectivity index (χ1n) is 4.38. The number of methoxy groups -OCH3 is 1. The first-order valence-corrected chi connectivity index (χ1v) is 4.78. The molecule has 0 saturated heterocycles. The molecule has 0 aliphatic carbocycles. The maximum Gasteiger partial charge on any atom is 0.195 e. The molecule has 1 N–H and O–H groups in total. The highest BCUT2D eigenvalue weighted by molar-refractivity contribution is 7.71. The molecule has 0 spiro atoms. The molecule has 2 rings (SSSR count). The first kappa shape index (κ1) is 10.1. The van der Waals surface area contributed by atoms with Gasteiger partial charge in [0, 0.05) is 13.2 Å². The standard InChI is InChI=1S/C8H10N4O2S/c1-13-5-3-12-7(9-10-8(12)15)6-2-4-14-11-6/h2,4H,3,5H2,1H3,(H,10,15). The summed E-state index contributed by atoms with van der Waals surface area (Å²) in [6.07, 6.45) is 1.49. The van der Waals surface area contributed by atoms with E-state index in [-0.39, 0.29) is 0 Å². The van der Waals surface area contributed by atoms with Crippen LogP contribution in [0, 0.1) is 4.77 Å². The highest BCUT2D eigenvalue weighted by Crippen LogP contribution is 2.13. The fraction of sp³-hybridized carbons (Fsp3) is 0.375. The van der Waals surface area contributed by atoms with Crippen LogP contribution in [0.15, 0.2) is 16.9 Å². The van der Waals surface area contributed by atoms with Crippen molar-refractivity contribution in [3.8, 4) is 11.5 Å². The van der Waals surface area contributed by atoms with Crippen LogP contribution < -0.4 is 0 Å². The van der Waals surface area contributed by atoms with E-state index >= 15 is 0 Å². The van der Waals surface area contributed by atoms with Crippen LogP contribution in [0.5, 0.6) is 0 Å². The Balaban J connectivity index is 2.36. The fourth-order valence-electron chi connectivity index (χ4n) is 1.23. The van der Waals surface area contributed by atoms with Crippen molar-refractivity contribution in [1.29, 1.82) is 0 Å². The molecule has 0 amide bonds. The molecular formula is C8H10N4O2S. The van der Waals surface area contributed by atoms with E-state index in [0.29, 0.717) is 29.4 Å². The SMILES string of the molecule is COCCn1c(-c2ccon2)n[nH]c1=S. The number of hydrogen-bond donors (Lipinski definition) is 1. The number of rotatable bonds is 4. The number of H-pyrrole nitrogens is 1. The molecule has 0 aliphatic rings. The Bertz CT molecular complexity index is 473. The van der Waals surface area contributed by atoms with Crippen molar-refractivity contribution in [1.82, 2.24) is 19.9 Å². The zero-order chi connectivity index (χ0) is 10.7. The van der Waals surface area contributed by atoms with E-state index in [0.717, 1.165) is 0 Å². The van der Waals surface area contributed by atoms with Gasteiger partial charge < -0.3 is 9.26 Å². The van der Waals surface area contributed by atoms with Crippen LogP contribution >= 0.6 is 12.2 Å². The zero-order valence-electron chi connectivity index (χ0n) is 8.14. The maximum atomic E-state index is 5.09. The largest absolute Gasteiger partial charge is 0.383 e. The van der Waals surface area contributed by atoms with Crippen molar-refractivity contribution < 1.29 is 9.26 Å². The molecule has 15 heavy (non-hydrogen) atoms. The second-order valence-electron chi connectivity index (χ2n) is 2.88. The number of ether oxygens (including phenoxy) is 1. The normalized spacial score (nSPS) is 10.7. The van der Waals surface area contributed by atoms with Gasteiger partial charge in [-0.2, -0.15) is 5.10 Å². The molecule has 0 radical (unpaired) electrons. The molecule has 0 aliphatic heterocycles. The Hall–Kier alpha value is -1.47. The number of aromatic amines is 1. The fourth-order valence-corrected chi connectivity index (χ4v) is 1.45. The Kier molecular flexibility index (Phi) is 2.93. The lowest BCUT2D eigenvalue weighted by atomic mass is 10.4. The summed E-state index contributed by atoms with van der Waals surface area (Å²) in [5.41, 5.74) is 0.651. The minimum atomic E-state index is 0.546. The number of nitrogens with zero attached hydrogens (tertiary/aromatic N) is 3. The Morgan fingerprint density at radius 3 is 3.20 bits per heavy atom. The Morgan fingerprint density at radius 1 is 1.67 bits per heavy atom. The summed E-state index contributed by atoms with van der Waals surface area (Å²) in [5, 5.41) is 10.6. The molecule has 0 fully saturated rings. The van der Waals surface area contributed by atoms with Gasteiger partial charge in [0.25, 0.3) is 0 Å². The Morgan fingerprint density at radius 2 is 2.53 bits per heavy atom. The van der Waals surface area contributed by atoms with Crippen LogP contribution in [0.1, 0.15) is 0 Å². The maximum absolute atomic E-state index is 5.09. The number of aromatic nitrogens is 4. The van der Waals surface area contributed by atoms with Crippen molar-refractivity contribution in [2.24, 2.45) is 0 Å². The predicted molar refractivity (Wildman–Crippen MR) is 54.8 cm³/mol. The lowest BCUT2D eigenvalue weighted by molar-refractivity contribution is 0.187. The molecular weight excluding hydrogens is 216 g/mol. The van der Waals surface area contributed by atoms with Crippen molar-refractivity contribution in [3.63, 3.8) is 0 Å². The van der Waals surface area contributed by atoms with E-state index in [4.69, 9.17) is 21.5 Å². The summed E-state index contributed by atoms with van der Waals surface area (Å²) >= 11 is 5.09. The predicted octanol–water partition coefficient (Wildman–Crippen LogP) is 1.24. The molecule has 2 heterocycles. The second kappa shape index (κ2) is 4.37. The molecule has 0 atom stereocenters. The van der Waals surface area contributed by atoms with E-state index in [1.54, 1.807) is 13.2 Å². The molecule has 6 nitrogen and oxygen atoms in total. The molecule has 0 bridgehead atoms. The quantitative estimate of drug-likeness (QED) is 0.794. The second-order valence-corrected chi connectivity index (χ2v) is 3.27. The monoisotopic (exact) mass is 226 g/mol. The summed E-state index contributed by atoms with van der Waals surface area (Å²) in [7, 11) is 1.64. The van der Waals surface area contributed by atoms with Gasteiger partial charge >= 0.3 is 0 Å². The van der Waals surface area contributed by atoms with Crippen LogP contribution in [0.2, 0.25) is 0 Å². The lowest BCUT2D eigenvalue weighted by Crippen LogP contribution is -2.06. The van der Waals surface area contributed by atoms with Gasteiger partial charge in [-0.3, -0.25) is 9.67 Å². The minimum absolute atomic E-state index is 0.546. The van der Waals surface area contributed by atoms with Gasteiger partial charge in [0.2, 0.25) is 0 Å². The summed E-state index contributed by atoms with van der Waals surface area (Å²) in [6, 6.07) is 1.73. The van der Waals surface area contributed by atoms with Gasteiger partial charge in [0.15, 0.2) is 16.3 Å². The minimum Gasteiger partial charge on any atom is -0.383 e. The average Bonchev–Trinajstić information content (AvgIpc) is 2.84. The molecule has 7 heteroatoms. The van der Waals surface area contributed by atoms with E-state index in [1.165, 1.54) is 6.26 Å². The topological polar surface area (TPSA) is 68.9 Å². The van der Waals surface area contributed by atoms with Crippen molar-refractivity contribution in [2.45, 2.75) is 6.54 Å². The van der Waals surface area contributed by atoms with E-state index in [1.807, 2.05) is 4.57 Å². The highest BCUT2D eigenvalue weighted by Gasteiger charge is 2.10.